The Kier molecular flexibility index (Phi) is 4.80. The first-order valence-corrected chi connectivity index (χ1v) is 7.55. The summed E-state index contributed by atoms with van der Waals surface area (Å²) in [5, 5.41) is 1.25. The van der Waals surface area contributed by atoms with E-state index in [1.807, 2.05) is 17.8 Å². The van der Waals surface area contributed by atoms with Crippen molar-refractivity contribution in [2.45, 2.75) is 31.4 Å². The molecular formula is C12H15Cl2NS. The van der Waals surface area contributed by atoms with Gasteiger partial charge in [0.25, 0.3) is 0 Å². The van der Waals surface area contributed by atoms with Crippen molar-refractivity contribution in [1.82, 2.24) is 4.98 Å². The predicted octanol–water partition coefficient (Wildman–Crippen LogP) is 4.81. The van der Waals surface area contributed by atoms with Gasteiger partial charge in [0.2, 0.25) is 0 Å². The van der Waals surface area contributed by atoms with Gasteiger partial charge < -0.3 is 0 Å². The largest absolute Gasteiger partial charge is 0.239 e. The molecule has 0 unspecified atom stereocenters. The molecule has 0 N–H and O–H groups in total. The average Bonchev–Trinajstić information content (AvgIpc) is 2.76. The van der Waals surface area contributed by atoms with E-state index in [9.17, 15) is 0 Å². The Labute approximate surface area is 111 Å². The van der Waals surface area contributed by atoms with E-state index in [4.69, 9.17) is 23.2 Å². The molecule has 0 saturated heterocycles. The van der Waals surface area contributed by atoms with Crippen molar-refractivity contribution in [3.63, 3.8) is 0 Å². The number of pyridine rings is 1. The molecule has 1 aromatic rings. The number of halogens is 2. The molecule has 0 radical (unpaired) electrons. The van der Waals surface area contributed by atoms with Crippen LogP contribution < -0.4 is 0 Å². The normalized spacial score (nSPS) is 16.9. The standard InChI is InChI=1S/C12H15Cl2NS/c13-10-5-6-12(14)15-11(10)8-16-7-9-3-1-2-4-9/h5-6,9H,1-4,7-8H2. The fourth-order valence-electron chi connectivity index (χ4n) is 2.06. The summed E-state index contributed by atoms with van der Waals surface area (Å²) in [6, 6.07) is 3.55. The van der Waals surface area contributed by atoms with E-state index in [1.54, 1.807) is 6.07 Å². The third-order valence-electron chi connectivity index (χ3n) is 2.95. The van der Waals surface area contributed by atoms with Crippen LogP contribution >= 0.6 is 35.0 Å². The van der Waals surface area contributed by atoms with E-state index in [0.29, 0.717) is 5.15 Å². The fourth-order valence-corrected chi connectivity index (χ4v) is 3.67. The molecule has 0 spiro atoms. The average molecular weight is 276 g/mol. The van der Waals surface area contributed by atoms with E-state index < -0.39 is 0 Å². The Morgan fingerprint density at radius 2 is 2.00 bits per heavy atom. The van der Waals surface area contributed by atoms with Gasteiger partial charge >= 0.3 is 0 Å². The molecule has 2 rings (SSSR count). The molecular weight excluding hydrogens is 261 g/mol. The van der Waals surface area contributed by atoms with Gasteiger partial charge in [-0.3, -0.25) is 0 Å². The van der Waals surface area contributed by atoms with Gasteiger partial charge in [0, 0.05) is 5.75 Å². The minimum Gasteiger partial charge on any atom is -0.239 e. The van der Waals surface area contributed by atoms with Crippen LogP contribution in [0.2, 0.25) is 10.2 Å². The van der Waals surface area contributed by atoms with Crippen molar-refractivity contribution in [2.75, 3.05) is 5.75 Å². The molecule has 16 heavy (non-hydrogen) atoms. The van der Waals surface area contributed by atoms with Gasteiger partial charge in [-0.2, -0.15) is 11.8 Å². The zero-order valence-electron chi connectivity index (χ0n) is 9.09. The molecule has 0 bridgehead atoms. The van der Waals surface area contributed by atoms with Gasteiger partial charge in [-0.05, 0) is 36.6 Å². The maximum absolute atomic E-state index is 6.06. The Morgan fingerprint density at radius 3 is 2.75 bits per heavy atom. The molecule has 1 nitrogen and oxygen atoms in total. The Bertz CT molecular complexity index is 351. The summed E-state index contributed by atoms with van der Waals surface area (Å²) < 4.78 is 0. The molecule has 1 heterocycles. The van der Waals surface area contributed by atoms with Gasteiger partial charge in [0.1, 0.15) is 5.15 Å². The third-order valence-corrected chi connectivity index (χ3v) is 4.69. The molecule has 1 fully saturated rings. The van der Waals surface area contributed by atoms with Crippen LogP contribution in [0.1, 0.15) is 31.4 Å². The zero-order valence-corrected chi connectivity index (χ0v) is 11.4. The Morgan fingerprint density at radius 1 is 1.25 bits per heavy atom. The van der Waals surface area contributed by atoms with Gasteiger partial charge in [-0.15, -0.1) is 0 Å². The van der Waals surface area contributed by atoms with Crippen molar-refractivity contribution >= 4 is 35.0 Å². The monoisotopic (exact) mass is 275 g/mol. The molecule has 88 valence electrons. The summed E-state index contributed by atoms with van der Waals surface area (Å²) in [5.41, 5.74) is 0.914. The van der Waals surface area contributed by atoms with Gasteiger partial charge in [-0.25, -0.2) is 4.98 Å². The molecule has 4 heteroatoms. The minimum absolute atomic E-state index is 0.529. The summed E-state index contributed by atoms with van der Waals surface area (Å²) in [4.78, 5) is 4.25. The lowest BCUT2D eigenvalue weighted by atomic mass is 10.1. The van der Waals surface area contributed by atoms with Crippen molar-refractivity contribution < 1.29 is 0 Å². The molecule has 0 aliphatic heterocycles. The summed E-state index contributed by atoms with van der Waals surface area (Å²) in [6.45, 7) is 0. The maximum atomic E-state index is 6.06. The van der Waals surface area contributed by atoms with Gasteiger partial charge in [0.15, 0.2) is 0 Å². The smallest absolute Gasteiger partial charge is 0.129 e. The van der Waals surface area contributed by atoms with E-state index in [1.165, 1.54) is 31.4 Å². The number of rotatable bonds is 4. The van der Waals surface area contributed by atoms with Crippen LogP contribution in [0.4, 0.5) is 0 Å². The summed E-state index contributed by atoms with van der Waals surface area (Å²) >= 11 is 13.8. The van der Waals surface area contributed by atoms with Gasteiger partial charge in [-0.1, -0.05) is 36.0 Å². The second-order valence-electron chi connectivity index (χ2n) is 4.23. The molecule has 1 aromatic heterocycles. The SMILES string of the molecule is Clc1ccc(Cl)c(CSCC2CCCC2)n1. The lowest BCUT2D eigenvalue weighted by Crippen LogP contribution is -1.98. The quantitative estimate of drug-likeness (QED) is 0.732. The van der Waals surface area contributed by atoms with Crippen LogP contribution in [0.3, 0.4) is 0 Å². The van der Waals surface area contributed by atoms with Crippen LogP contribution in [0.25, 0.3) is 0 Å². The van der Waals surface area contributed by atoms with Crippen LogP contribution in [0, 0.1) is 5.92 Å². The van der Waals surface area contributed by atoms with Crippen molar-refractivity contribution in [2.24, 2.45) is 5.92 Å². The molecule has 0 amide bonds. The predicted molar refractivity (Wildman–Crippen MR) is 72.4 cm³/mol. The summed E-state index contributed by atoms with van der Waals surface area (Å²) in [6.07, 6.45) is 5.59. The van der Waals surface area contributed by atoms with Crippen molar-refractivity contribution in [3.05, 3.63) is 28.0 Å². The fraction of sp³-hybridized carbons (Fsp3) is 0.583. The van der Waals surface area contributed by atoms with Crippen LogP contribution in [-0.2, 0) is 5.75 Å². The van der Waals surface area contributed by atoms with Crippen molar-refractivity contribution in [1.29, 1.82) is 0 Å². The molecule has 0 atom stereocenters. The second kappa shape index (κ2) is 6.13. The molecule has 0 aromatic carbocycles. The highest BCUT2D eigenvalue weighted by atomic mass is 35.5. The van der Waals surface area contributed by atoms with Crippen LogP contribution in [-0.4, -0.2) is 10.7 Å². The van der Waals surface area contributed by atoms with E-state index in [0.717, 1.165) is 22.4 Å². The third kappa shape index (κ3) is 3.54. The summed E-state index contributed by atoms with van der Waals surface area (Å²) in [5.74, 6) is 3.00. The lowest BCUT2D eigenvalue weighted by Gasteiger charge is -2.08. The van der Waals surface area contributed by atoms with E-state index in [-0.39, 0.29) is 0 Å². The number of hydrogen-bond donors (Lipinski definition) is 0. The molecule has 1 aliphatic carbocycles. The first-order valence-electron chi connectivity index (χ1n) is 5.64. The first-order chi connectivity index (χ1) is 7.75. The summed E-state index contributed by atoms with van der Waals surface area (Å²) in [7, 11) is 0. The zero-order chi connectivity index (χ0) is 11.4. The van der Waals surface area contributed by atoms with E-state index in [2.05, 4.69) is 4.98 Å². The van der Waals surface area contributed by atoms with E-state index >= 15 is 0 Å². The maximum Gasteiger partial charge on any atom is 0.129 e. The van der Waals surface area contributed by atoms with Crippen LogP contribution in [0.5, 0.6) is 0 Å². The second-order valence-corrected chi connectivity index (χ2v) is 6.05. The molecule has 1 aliphatic rings. The topological polar surface area (TPSA) is 12.9 Å². The highest BCUT2D eigenvalue weighted by Crippen LogP contribution is 2.30. The Balaban J connectivity index is 1.82. The Hall–Kier alpha value is 0.0800. The van der Waals surface area contributed by atoms with Crippen molar-refractivity contribution in [3.8, 4) is 0 Å². The molecule has 1 saturated carbocycles. The number of aromatic nitrogens is 1. The highest BCUT2D eigenvalue weighted by molar-refractivity contribution is 7.98. The van der Waals surface area contributed by atoms with Gasteiger partial charge in [0.05, 0.1) is 10.7 Å². The number of hydrogen-bond acceptors (Lipinski definition) is 2. The number of thioether (sulfide) groups is 1. The number of nitrogens with zero attached hydrogens (tertiary/aromatic N) is 1. The van der Waals surface area contributed by atoms with Crippen LogP contribution in [0.15, 0.2) is 12.1 Å². The minimum atomic E-state index is 0.529. The highest BCUT2D eigenvalue weighted by Gasteiger charge is 2.15. The lowest BCUT2D eigenvalue weighted by molar-refractivity contribution is 0.623. The first kappa shape index (κ1) is 12.5.